The van der Waals surface area contributed by atoms with Crippen molar-refractivity contribution in [2.24, 2.45) is 0 Å². The Morgan fingerprint density at radius 3 is 2.57 bits per heavy atom. The smallest absolute Gasteiger partial charge is 0.254 e. The maximum Gasteiger partial charge on any atom is 0.254 e. The molecule has 0 aliphatic carbocycles. The Balaban J connectivity index is 1.86. The van der Waals surface area contributed by atoms with Crippen molar-refractivity contribution in [1.29, 1.82) is 0 Å². The Bertz CT molecular complexity index is 645. The highest BCUT2D eigenvalue weighted by atomic mass is 19.1. The van der Waals surface area contributed by atoms with Gasteiger partial charge in [0.05, 0.1) is 5.56 Å². The molecule has 0 aliphatic heterocycles. The second-order valence-electron chi connectivity index (χ2n) is 5.30. The average molecular weight is 317 g/mol. The van der Waals surface area contributed by atoms with Gasteiger partial charge in [-0.2, -0.15) is 0 Å². The van der Waals surface area contributed by atoms with Crippen molar-refractivity contribution in [3.8, 4) is 0 Å². The van der Waals surface area contributed by atoms with Crippen molar-refractivity contribution < 1.29 is 9.18 Å². The second-order valence-corrected chi connectivity index (χ2v) is 5.30. The van der Waals surface area contributed by atoms with Gasteiger partial charge in [-0.15, -0.1) is 0 Å². The minimum Gasteiger partial charge on any atom is -0.353 e. The Morgan fingerprint density at radius 2 is 1.91 bits per heavy atom. The number of halogens is 1. The fourth-order valence-electron chi connectivity index (χ4n) is 1.85. The molecule has 0 bridgehead atoms. The average Bonchev–Trinajstić information content (AvgIpc) is 2.54. The van der Waals surface area contributed by atoms with Crippen LogP contribution in [0.4, 0.5) is 10.3 Å². The number of carbonyl (C=O) groups excluding carboxylic acids is 1. The van der Waals surface area contributed by atoms with Gasteiger partial charge in [0, 0.05) is 37.6 Å². The molecule has 23 heavy (non-hydrogen) atoms. The van der Waals surface area contributed by atoms with Crippen LogP contribution in [0.1, 0.15) is 15.9 Å². The van der Waals surface area contributed by atoms with Crippen LogP contribution in [0.5, 0.6) is 0 Å². The van der Waals surface area contributed by atoms with Crippen LogP contribution in [0.3, 0.4) is 0 Å². The molecule has 1 amide bonds. The van der Waals surface area contributed by atoms with Gasteiger partial charge >= 0.3 is 0 Å². The lowest BCUT2D eigenvalue weighted by Crippen LogP contribution is -2.24. The third kappa shape index (κ3) is 5.30. The van der Waals surface area contributed by atoms with Crippen molar-refractivity contribution in [3.05, 3.63) is 53.6 Å². The maximum atomic E-state index is 13.5. The van der Waals surface area contributed by atoms with Crippen molar-refractivity contribution in [1.82, 2.24) is 20.2 Å². The van der Waals surface area contributed by atoms with Gasteiger partial charge in [0.2, 0.25) is 5.95 Å². The number of carbonyl (C=O) groups is 1. The third-order valence-corrected chi connectivity index (χ3v) is 3.15. The van der Waals surface area contributed by atoms with Gasteiger partial charge in [-0.1, -0.05) is 18.2 Å². The molecule has 2 N–H and O–H groups in total. The molecule has 0 aliphatic rings. The molecule has 7 heteroatoms. The summed E-state index contributed by atoms with van der Waals surface area (Å²) in [6.07, 6.45) is 2.89. The van der Waals surface area contributed by atoms with Crippen molar-refractivity contribution in [2.45, 2.75) is 6.54 Å². The summed E-state index contributed by atoms with van der Waals surface area (Å²) in [7, 11) is 3.96. The molecule has 1 aromatic heterocycles. The summed E-state index contributed by atoms with van der Waals surface area (Å²) in [6, 6.07) is 6.32. The van der Waals surface area contributed by atoms with E-state index in [9.17, 15) is 9.18 Å². The Kier molecular flexibility index (Phi) is 5.99. The predicted molar refractivity (Wildman–Crippen MR) is 86.6 cm³/mol. The molecule has 2 rings (SSSR count). The lowest BCUT2D eigenvalue weighted by molar-refractivity contribution is 0.0950. The normalized spacial score (nSPS) is 10.6. The van der Waals surface area contributed by atoms with E-state index in [1.165, 1.54) is 18.5 Å². The van der Waals surface area contributed by atoms with Gasteiger partial charge in [-0.05, 0) is 20.2 Å². The van der Waals surface area contributed by atoms with E-state index in [2.05, 4.69) is 20.6 Å². The summed E-state index contributed by atoms with van der Waals surface area (Å²) in [6.45, 7) is 1.69. The van der Waals surface area contributed by atoms with Crippen LogP contribution in [0.2, 0.25) is 0 Å². The fourth-order valence-corrected chi connectivity index (χ4v) is 1.85. The maximum absolute atomic E-state index is 13.5. The number of hydrogen-bond donors (Lipinski definition) is 2. The van der Waals surface area contributed by atoms with Gasteiger partial charge in [-0.25, -0.2) is 14.4 Å². The van der Waals surface area contributed by atoms with Crippen LogP contribution < -0.4 is 10.6 Å². The lowest BCUT2D eigenvalue weighted by atomic mass is 10.2. The van der Waals surface area contributed by atoms with Crippen LogP contribution in [-0.4, -0.2) is 48.0 Å². The van der Waals surface area contributed by atoms with E-state index >= 15 is 0 Å². The van der Waals surface area contributed by atoms with Crippen LogP contribution in [0.25, 0.3) is 0 Å². The molecule has 1 heterocycles. The first kappa shape index (κ1) is 16.8. The lowest BCUT2D eigenvalue weighted by Gasteiger charge is -2.10. The van der Waals surface area contributed by atoms with E-state index < -0.39 is 0 Å². The molecule has 0 spiro atoms. The minimum absolute atomic E-state index is 0.119. The number of hydrogen-bond acceptors (Lipinski definition) is 5. The largest absolute Gasteiger partial charge is 0.353 e. The fraction of sp³-hybridized carbons (Fsp3) is 0.312. The monoisotopic (exact) mass is 317 g/mol. The number of benzene rings is 1. The first-order chi connectivity index (χ1) is 11.1. The quantitative estimate of drug-likeness (QED) is 0.810. The molecule has 1 aromatic carbocycles. The molecule has 0 unspecified atom stereocenters. The van der Waals surface area contributed by atoms with E-state index in [0.717, 1.165) is 6.54 Å². The molecule has 0 saturated heterocycles. The standard InChI is InChI=1S/C16H20FN5O/c1-22(2)8-7-18-16-20-10-13(11-21-16)15(23)19-9-12-5-3-4-6-14(12)17/h3-6,10-11H,7-9H2,1-2H3,(H,19,23)(H,18,20,21). The van der Waals surface area contributed by atoms with Gasteiger partial charge in [0.1, 0.15) is 5.82 Å². The van der Waals surface area contributed by atoms with E-state index in [-0.39, 0.29) is 18.3 Å². The van der Waals surface area contributed by atoms with Crippen LogP contribution in [0.15, 0.2) is 36.7 Å². The molecule has 6 nitrogen and oxygen atoms in total. The first-order valence-electron chi connectivity index (χ1n) is 7.28. The van der Waals surface area contributed by atoms with E-state index in [0.29, 0.717) is 23.6 Å². The highest BCUT2D eigenvalue weighted by Gasteiger charge is 2.08. The molecule has 0 radical (unpaired) electrons. The minimum atomic E-state index is -0.343. The van der Waals surface area contributed by atoms with Crippen LogP contribution in [-0.2, 0) is 6.54 Å². The van der Waals surface area contributed by atoms with Crippen molar-refractivity contribution in [2.75, 3.05) is 32.5 Å². The predicted octanol–water partition coefficient (Wildman–Crippen LogP) is 1.52. The zero-order chi connectivity index (χ0) is 16.7. The van der Waals surface area contributed by atoms with E-state index in [1.54, 1.807) is 18.2 Å². The topological polar surface area (TPSA) is 70.2 Å². The molecule has 2 aromatic rings. The summed E-state index contributed by atoms with van der Waals surface area (Å²) in [5.41, 5.74) is 0.767. The molecular weight excluding hydrogens is 297 g/mol. The number of nitrogens with zero attached hydrogens (tertiary/aromatic N) is 3. The molecular formula is C16H20FN5O. The summed E-state index contributed by atoms with van der Waals surface area (Å²) < 4.78 is 13.5. The van der Waals surface area contributed by atoms with Gasteiger partial charge in [0.25, 0.3) is 5.91 Å². The van der Waals surface area contributed by atoms with Crippen LogP contribution in [0, 0.1) is 5.82 Å². The van der Waals surface area contributed by atoms with Gasteiger partial charge in [-0.3, -0.25) is 4.79 Å². The van der Waals surface area contributed by atoms with Crippen LogP contribution >= 0.6 is 0 Å². The molecule has 0 atom stereocenters. The summed E-state index contributed by atoms with van der Waals surface area (Å²) in [5, 5.41) is 5.71. The SMILES string of the molecule is CN(C)CCNc1ncc(C(=O)NCc2ccccc2F)cn1. The first-order valence-corrected chi connectivity index (χ1v) is 7.28. The zero-order valence-electron chi connectivity index (χ0n) is 13.2. The Labute approximate surface area is 134 Å². The number of amides is 1. The summed E-state index contributed by atoms with van der Waals surface area (Å²) >= 11 is 0. The number of nitrogens with one attached hydrogen (secondary N) is 2. The molecule has 122 valence electrons. The second kappa shape index (κ2) is 8.19. The molecule has 0 saturated carbocycles. The molecule has 0 fully saturated rings. The number of likely N-dealkylation sites (N-methyl/N-ethyl adjacent to an activating group) is 1. The van der Waals surface area contributed by atoms with E-state index in [4.69, 9.17) is 0 Å². The van der Waals surface area contributed by atoms with Crippen molar-refractivity contribution in [3.63, 3.8) is 0 Å². The summed E-state index contributed by atoms with van der Waals surface area (Å²) in [5.74, 6) is -0.213. The van der Waals surface area contributed by atoms with E-state index in [1.807, 2.05) is 19.0 Å². The highest BCUT2D eigenvalue weighted by molar-refractivity contribution is 5.93. The highest BCUT2D eigenvalue weighted by Crippen LogP contribution is 2.06. The third-order valence-electron chi connectivity index (χ3n) is 3.15. The van der Waals surface area contributed by atoms with Gasteiger partial charge < -0.3 is 15.5 Å². The number of aromatic nitrogens is 2. The number of rotatable bonds is 7. The Hall–Kier alpha value is -2.54. The number of anilines is 1. The zero-order valence-corrected chi connectivity index (χ0v) is 13.2. The summed E-state index contributed by atoms with van der Waals surface area (Å²) in [4.78, 5) is 22.2. The Morgan fingerprint density at radius 1 is 1.22 bits per heavy atom. The van der Waals surface area contributed by atoms with Crippen molar-refractivity contribution >= 4 is 11.9 Å². The van der Waals surface area contributed by atoms with Gasteiger partial charge in [0.15, 0.2) is 0 Å².